The summed E-state index contributed by atoms with van der Waals surface area (Å²) in [4.78, 5) is 12.8. The Morgan fingerprint density at radius 1 is 1.09 bits per heavy atom. The van der Waals surface area contributed by atoms with Gasteiger partial charge < -0.3 is 14.8 Å². The Morgan fingerprint density at radius 2 is 1.91 bits per heavy atom. The minimum atomic E-state index is 0.0400. The minimum absolute atomic E-state index is 0.0400. The summed E-state index contributed by atoms with van der Waals surface area (Å²) in [5.41, 5.74) is 1.81. The fraction of sp³-hybridized carbons (Fsp3) is 0.400. The number of carbonyl (C=O) groups excluding carboxylic acids is 1. The van der Waals surface area contributed by atoms with Gasteiger partial charge in [0.1, 0.15) is 0 Å². The van der Waals surface area contributed by atoms with Crippen molar-refractivity contribution < 1.29 is 14.3 Å². The number of ether oxygens (including phenoxy) is 2. The van der Waals surface area contributed by atoms with E-state index in [1.54, 1.807) is 0 Å². The number of para-hydroxylation sites is 1. The van der Waals surface area contributed by atoms with Gasteiger partial charge in [-0.25, -0.2) is 0 Å². The molecule has 0 saturated heterocycles. The summed E-state index contributed by atoms with van der Waals surface area (Å²) in [7, 11) is 0. The predicted molar refractivity (Wildman–Crippen MR) is 128 cm³/mol. The normalized spacial score (nSPS) is 21.7. The van der Waals surface area contributed by atoms with Gasteiger partial charge in [-0.2, -0.15) is 0 Å². The van der Waals surface area contributed by atoms with E-state index < -0.39 is 0 Å². The number of hydrogen-bond acceptors (Lipinski definition) is 6. The Bertz CT molecular complexity index is 1130. The Labute approximate surface area is 197 Å². The average Bonchev–Trinajstić information content (AvgIpc) is 3.47. The molecule has 5 rings (SSSR count). The topological polar surface area (TPSA) is 78.3 Å². The van der Waals surface area contributed by atoms with Gasteiger partial charge in [0.25, 0.3) is 0 Å². The van der Waals surface area contributed by atoms with E-state index in [1.165, 1.54) is 24.6 Å². The molecular formula is C25H28N4O3S. The first-order valence-electron chi connectivity index (χ1n) is 11.4. The molecule has 1 amide bonds. The molecule has 2 aromatic carbocycles. The molecule has 33 heavy (non-hydrogen) atoms. The van der Waals surface area contributed by atoms with Crippen molar-refractivity contribution in [2.45, 2.75) is 44.3 Å². The summed E-state index contributed by atoms with van der Waals surface area (Å²) >= 11 is 1.40. The van der Waals surface area contributed by atoms with Crippen LogP contribution in [0.1, 0.15) is 33.1 Å². The summed E-state index contributed by atoms with van der Waals surface area (Å²) in [6.45, 7) is 4.74. The molecule has 8 heteroatoms. The van der Waals surface area contributed by atoms with Gasteiger partial charge in [0.15, 0.2) is 22.5 Å². The van der Waals surface area contributed by atoms with E-state index in [0.717, 1.165) is 23.4 Å². The first kappa shape index (κ1) is 21.8. The fourth-order valence-corrected chi connectivity index (χ4v) is 5.32. The summed E-state index contributed by atoms with van der Waals surface area (Å²) < 4.78 is 13.0. The molecule has 0 bridgehead atoms. The van der Waals surface area contributed by atoms with Crippen LogP contribution in [0.25, 0.3) is 17.1 Å². The molecule has 1 N–H and O–H groups in total. The number of amides is 1. The Balaban J connectivity index is 1.37. The van der Waals surface area contributed by atoms with E-state index >= 15 is 0 Å². The third-order valence-corrected chi connectivity index (χ3v) is 7.59. The zero-order valence-electron chi connectivity index (χ0n) is 18.9. The summed E-state index contributed by atoms with van der Waals surface area (Å²) in [6, 6.07) is 15.9. The van der Waals surface area contributed by atoms with Crippen molar-refractivity contribution in [1.29, 1.82) is 0 Å². The molecule has 0 unspecified atom stereocenters. The van der Waals surface area contributed by atoms with Crippen molar-refractivity contribution in [3.8, 4) is 28.6 Å². The lowest BCUT2D eigenvalue weighted by Gasteiger charge is -2.34. The number of nitrogens with zero attached hydrogens (tertiary/aromatic N) is 3. The van der Waals surface area contributed by atoms with Crippen LogP contribution >= 0.6 is 11.8 Å². The number of aromatic nitrogens is 3. The third kappa shape index (κ3) is 4.57. The highest BCUT2D eigenvalue weighted by molar-refractivity contribution is 7.99. The fourth-order valence-electron chi connectivity index (χ4n) is 4.56. The second-order valence-corrected chi connectivity index (χ2v) is 9.72. The van der Waals surface area contributed by atoms with Crippen molar-refractivity contribution in [3.63, 3.8) is 0 Å². The Hall–Kier alpha value is -3.00. The predicted octanol–water partition coefficient (Wildman–Crippen LogP) is 4.70. The van der Waals surface area contributed by atoms with Crippen LogP contribution in [0.4, 0.5) is 0 Å². The lowest BCUT2D eigenvalue weighted by Crippen LogP contribution is -2.44. The molecule has 0 radical (unpaired) electrons. The van der Waals surface area contributed by atoms with Gasteiger partial charge in [0, 0.05) is 17.3 Å². The molecule has 3 aromatic rings. The van der Waals surface area contributed by atoms with Crippen molar-refractivity contribution in [3.05, 3.63) is 48.5 Å². The van der Waals surface area contributed by atoms with Crippen LogP contribution in [0, 0.1) is 11.8 Å². The standard InChI is InChI=1S/C25H28N4O3S/c1-16-7-6-10-20(17(16)2)26-23(30)14-33-25-28-27-24(29(25)19-8-4-3-5-9-19)18-11-12-21-22(13-18)32-15-31-21/h3-5,8-9,11-13,16-17,20H,6-7,10,14-15H2,1-2H3,(H,26,30)/t16-,17-,20+/m1/s1. The number of carbonyl (C=O) groups is 1. The smallest absolute Gasteiger partial charge is 0.231 e. The van der Waals surface area contributed by atoms with Crippen molar-refractivity contribution >= 4 is 17.7 Å². The molecular weight excluding hydrogens is 436 g/mol. The number of nitrogens with one attached hydrogen (secondary N) is 1. The molecule has 172 valence electrons. The highest BCUT2D eigenvalue weighted by Crippen LogP contribution is 2.37. The first-order valence-corrected chi connectivity index (χ1v) is 12.4. The molecule has 2 heterocycles. The van der Waals surface area contributed by atoms with E-state index in [-0.39, 0.29) is 18.7 Å². The van der Waals surface area contributed by atoms with Crippen LogP contribution in [0.15, 0.2) is 53.7 Å². The van der Waals surface area contributed by atoms with E-state index in [0.29, 0.717) is 34.3 Å². The Morgan fingerprint density at radius 3 is 2.76 bits per heavy atom. The maximum Gasteiger partial charge on any atom is 0.231 e. The van der Waals surface area contributed by atoms with Crippen LogP contribution in [0.3, 0.4) is 0 Å². The van der Waals surface area contributed by atoms with Crippen molar-refractivity contribution in [2.24, 2.45) is 11.8 Å². The molecule has 3 atom stereocenters. The second kappa shape index (κ2) is 9.47. The first-order chi connectivity index (χ1) is 16.1. The lowest BCUT2D eigenvalue weighted by molar-refractivity contribution is -0.120. The molecule has 1 aliphatic heterocycles. The Kier molecular flexibility index (Phi) is 6.26. The van der Waals surface area contributed by atoms with Gasteiger partial charge >= 0.3 is 0 Å². The summed E-state index contributed by atoms with van der Waals surface area (Å²) in [5, 5.41) is 12.8. The van der Waals surface area contributed by atoms with Gasteiger partial charge in [-0.05, 0) is 48.6 Å². The number of rotatable bonds is 6. The minimum Gasteiger partial charge on any atom is -0.454 e. The lowest BCUT2D eigenvalue weighted by atomic mass is 9.78. The molecule has 0 spiro atoms. The number of hydrogen-bond donors (Lipinski definition) is 1. The van der Waals surface area contributed by atoms with Crippen LogP contribution in [-0.4, -0.2) is 39.3 Å². The molecule has 1 aromatic heterocycles. The molecule has 7 nitrogen and oxygen atoms in total. The van der Waals surface area contributed by atoms with Gasteiger partial charge in [-0.1, -0.05) is 56.7 Å². The van der Waals surface area contributed by atoms with Crippen LogP contribution in [0.5, 0.6) is 11.5 Å². The quantitative estimate of drug-likeness (QED) is 0.533. The van der Waals surface area contributed by atoms with Gasteiger partial charge in [-0.3, -0.25) is 9.36 Å². The van der Waals surface area contributed by atoms with E-state index in [1.807, 2.05) is 53.1 Å². The second-order valence-electron chi connectivity index (χ2n) is 8.78. The van der Waals surface area contributed by atoms with Crippen molar-refractivity contribution in [1.82, 2.24) is 20.1 Å². The number of thioether (sulfide) groups is 1. The third-order valence-electron chi connectivity index (χ3n) is 6.66. The summed E-state index contributed by atoms with van der Waals surface area (Å²) in [6.07, 6.45) is 3.46. The highest BCUT2D eigenvalue weighted by Gasteiger charge is 2.28. The van der Waals surface area contributed by atoms with E-state index in [4.69, 9.17) is 9.47 Å². The monoisotopic (exact) mass is 464 g/mol. The highest BCUT2D eigenvalue weighted by atomic mass is 32.2. The van der Waals surface area contributed by atoms with E-state index in [9.17, 15) is 4.79 Å². The zero-order valence-corrected chi connectivity index (χ0v) is 19.7. The number of benzene rings is 2. The van der Waals surface area contributed by atoms with Gasteiger partial charge in [0.05, 0.1) is 5.75 Å². The van der Waals surface area contributed by atoms with E-state index in [2.05, 4.69) is 29.4 Å². The van der Waals surface area contributed by atoms with Crippen LogP contribution < -0.4 is 14.8 Å². The molecule has 1 saturated carbocycles. The molecule has 2 aliphatic rings. The van der Waals surface area contributed by atoms with Crippen molar-refractivity contribution in [2.75, 3.05) is 12.5 Å². The maximum atomic E-state index is 12.8. The average molecular weight is 465 g/mol. The SMILES string of the molecule is C[C@@H]1[C@H](C)CCC[C@@H]1NC(=O)CSc1nnc(-c2ccc3c(c2)OCO3)n1-c1ccccc1. The molecule has 1 fully saturated rings. The van der Waals surface area contributed by atoms with Crippen LogP contribution in [-0.2, 0) is 4.79 Å². The van der Waals surface area contributed by atoms with Gasteiger partial charge in [-0.15, -0.1) is 10.2 Å². The largest absolute Gasteiger partial charge is 0.454 e. The summed E-state index contributed by atoms with van der Waals surface area (Å²) in [5.74, 6) is 3.58. The maximum absolute atomic E-state index is 12.8. The molecule has 1 aliphatic carbocycles. The number of fused-ring (bicyclic) bond motifs is 1. The van der Waals surface area contributed by atoms with Crippen LogP contribution in [0.2, 0.25) is 0 Å². The van der Waals surface area contributed by atoms with Gasteiger partial charge in [0.2, 0.25) is 12.7 Å². The zero-order chi connectivity index (χ0) is 22.8.